The first kappa shape index (κ1) is 7.28. The normalized spacial score (nSPS) is 30.6. The van der Waals surface area contributed by atoms with Crippen molar-refractivity contribution in [3.05, 3.63) is 12.2 Å². The Kier molecular flexibility index (Phi) is 2.06. The molecule has 0 aromatic carbocycles. The van der Waals surface area contributed by atoms with Crippen LogP contribution in [-0.4, -0.2) is 23.2 Å². The van der Waals surface area contributed by atoms with Crippen molar-refractivity contribution in [2.45, 2.75) is 25.5 Å². The number of rotatable bonds is 1. The van der Waals surface area contributed by atoms with Crippen LogP contribution in [0.3, 0.4) is 0 Å². The summed E-state index contributed by atoms with van der Waals surface area (Å²) in [6.45, 7) is 1.45. The van der Waals surface area contributed by atoms with Crippen LogP contribution >= 0.6 is 0 Å². The minimum atomic E-state index is -0.496. The lowest BCUT2D eigenvalue weighted by atomic mass is 10.2. The molecule has 3 heteroatoms. The van der Waals surface area contributed by atoms with Crippen LogP contribution in [0, 0.1) is 0 Å². The zero-order chi connectivity index (χ0) is 7.56. The topological polar surface area (TPSA) is 49.3 Å². The van der Waals surface area contributed by atoms with Gasteiger partial charge < -0.3 is 10.4 Å². The average molecular weight is 141 g/mol. The summed E-state index contributed by atoms with van der Waals surface area (Å²) in [5.41, 5.74) is 0. The minimum Gasteiger partial charge on any atom is -0.387 e. The van der Waals surface area contributed by atoms with Crippen LogP contribution in [0.25, 0.3) is 0 Å². The van der Waals surface area contributed by atoms with E-state index in [-0.39, 0.29) is 11.9 Å². The number of aliphatic hydroxyl groups is 1. The van der Waals surface area contributed by atoms with Crippen molar-refractivity contribution in [3.63, 3.8) is 0 Å². The standard InChI is InChI=1S/C7H11NO2/c1-5(9)8-6-3-2-4-7(6)10/h2,4,6-7,10H,3H2,1H3,(H,8,9)/t6-,7+/m0/s1. The summed E-state index contributed by atoms with van der Waals surface area (Å²) in [5.74, 6) is -0.0900. The number of carbonyl (C=O) groups excluding carboxylic acids is 1. The van der Waals surface area contributed by atoms with Gasteiger partial charge in [0.05, 0.1) is 12.1 Å². The number of hydrogen-bond acceptors (Lipinski definition) is 2. The van der Waals surface area contributed by atoms with E-state index in [1.54, 1.807) is 6.08 Å². The molecule has 0 unspecified atom stereocenters. The third-order valence-electron chi connectivity index (χ3n) is 1.52. The summed E-state index contributed by atoms with van der Waals surface area (Å²) < 4.78 is 0. The molecule has 10 heavy (non-hydrogen) atoms. The summed E-state index contributed by atoms with van der Waals surface area (Å²) in [7, 11) is 0. The number of hydrogen-bond donors (Lipinski definition) is 2. The van der Waals surface area contributed by atoms with Crippen molar-refractivity contribution in [3.8, 4) is 0 Å². The van der Waals surface area contributed by atoms with Gasteiger partial charge in [-0.1, -0.05) is 12.2 Å². The Balaban J connectivity index is 2.37. The van der Waals surface area contributed by atoms with Gasteiger partial charge in [-0.05, 0) is 6.42 Å². The fraction of sp³-hybridized carbons (Fsp3) is 0.571. The summed E-state index contributed by atoms with van der Waals surface area (Å²) in [6.07, 6.45) is 3.80. The van der Waals surface area contributed by atoms with E-state index in [4.69, 9.17) is 5.11 Å². The second-order valence-electron chi connectivity index (χ2n) is 2.46. The van der Waals surface area contributed by atoms with E-state index in [0.29, 0.717) is 0 Å². The molecule has 2 N–H and O–H groups in total. The Morgan fingerprint density at radius 2 is 2.50 bits per heavy atom. The van der Waals surface area contributed by atoms with Crippen molar-refractivity contribution in [1.29, 1.82) is 0 Å². The largest absolute Gasteiger partial charge is 0.387 e. The molecular weight excluding hydrogens is 130 g/mol. The number of nitrogens with one attached hydrogen (secondary N) is 1. The van der Waals surface area contributed by atoms with Crippen LogP contribution in [0.4, 0.5) is 0 Å². The molecule has 0 fully saturated rings. The van der Waals surface area contributed by atoms with Crippen molar-refractivity contribution in [2.24, 2.45) is 0 Å². The smallest absolute Gasteiger partial charge is 0.217 e. The van der Waals surface area contributed by atoms with Crippen LogP contribution in [0.1, 0.15) is 13.3 Å². The van der Waals surface area contributed by atoms with E-state index in [0.717, 1.165) is 6.42 Å². The summed E-state index contributed by atoms with van der Waals surface area (Å²) >= 11 is 0. The molecule has 3 nitrogen and oxygen atoms in total. The quantitative estimate of drug-likeness (QED) is 0.497. The SMILES string of the molecule is CC(=O)N[C@H]1CC=C[C@H]1O. The highest BCUT2D eigenvalue weighted by Crippen LogP contribution is 2.09. The van der Waals surface area contributed by atoms with E-state index in [9.17, 15) is 4.79 Å². The lowest BCUT2D eigenvalue weighted by Crippen LogP contribution is -2.38. The Morgan fingerprint density at radius 3 is 2.90 bits per heavy atom. The molecule has 0 spiro atoms. The minimum absolute atomic E-state index is 0.0900. The van der Waals surface area contributed by atoms with E-state index < -0.39 is 6.10 Å². The zero-order valence-electron chi connectivity index (χ0n) is 5.87. The molecule has 1 rings (SSSR count). The highest BCUT2D eigenvalue weighted by Gasteiger charge is 2.20. The van der Waals surface area contributed by atoms with Crippen LogP contribution in [0.15, 0.2) is 12.2 Å². The van der Waals surface area contributed by atoms with Gasteiger partial charge in [-0.2, -0.15) is 0 Å². The van der Waals surface area contributed by atoms with Crippen molar-refractivity contribution >= 4 is 5.91 Å². The first-order valence-corrected chi connectivity index (χ1v) is 3.32. The second-order valence-corrected chi connectivity index (χ2v) is 2.46. The van der Waals surface area contributed by atoms with Gasteiger partial charge in [0.25, 0.3) is 0 Å². The van der Waals surface area contributed by atoms with Gasteiger partial charge >= 0.3 is 0 Å². The first-order valence-electron chi connectivity index (χ1n) is 3.32. The van der Waals surface area contributed by atoms with Gasteiger partial charge in [-0.25, -0.2) is 0 Å². The molecule has 56 valence electrons. The van der Waals surface area contributed by atoms with Crippen LogP contribution < -0.4 is 5.32 Å². The fourth-order valence-electron chi connectivity index (χ4n) is 1.04. The summed E-state index contributed by atoms with van der Waals surface area (Å²) in [5, 5.41) is 11.8. The molecule has 0 radical (unpaired) electrons. The average Bonchev–Trinajstić information content (AvgIpc) is 2.15. The molecule has 1 amide bonds. The monoisotopic (exact) mass is 141 g/mol. The van der Waals surface area contributed by atoms with E-state index in [1.165, 1.54) is 6.92 Å². The molecule has 0 aromatic rings. The van der Waals surface area contributed by atoms with Crippen LogP contribution in [-0.2, 0) is 4.79 Å². The van der Waals surface area contributed by atoms with Gasteiger partial charge in [0.2, 0.25) is 5.91 Å². The third-order valence-corrected chi connectivity index (χ3v) is 1.52. The maximum Gasteiger partial charge on any atom is 0.217 e. The van der Waals surface area contributed by atoms with Gasteiger partial charge in [0, 0.05) is 6.92 Å². The number of aliphatic hydroxyl groups excluding tert-OH is 1. The van der Waals surface area contributed by atoms with Crippen LogP contribution in [0.5, 0.6) is 0 Å². The highest BCUT2D eigenvalue weighted by atomic mass is 16.3. The predicted molar refractivity (Wildman–Crippen MR) is 37.4 cm³/mol. The second kappa shape index (κ2) is 2.84. The van der Waals surface area contributed by atoms with Crippen LogP contribution in [0.2, 0.25) is 0 Å². The lowest BCUT2D eigenvalue weighted by molar-refractivity contribution is -0.120. The lowest BCUT2D eigenvalue weighted by Gasteiger charge is -2.14. The van der Waals surface area contributed by atoms with Gasteiger partial charge in [0.1, 0.15) is 0 Å². The first-order chi connectivity index (χ1) is 4.70. The Bertz CT molecular complexity index is 165. The summed E-state index contributed by atoms with van der Waals surface area (Å²) in [4.78, 5) is 10.5. The molecule has 1 aliphatic rings. The zero-order valence-corrected chi connectivity index (χ0v) is 5.87. The van der Waals surface area contributed by atoms with Crippen molar-refractivity contribution in [2.75, 3.05) is 0 Å². The van der Waals surface area contributed by atoms with Gasteiger partial charge in [0.15, 0.2) is 0 Å². The van der Waals surface area contributed by atoms with Crippen molar-refractivity contribution in [1.82, 2.24) is 5.32 Å². The fourth-order valence-corrected chi connectivity index (χ4v) is 1.04. The van der Waals surface area contributed by atoms with Crippen molar-refractivity contribution < 1.29 is 9.90 Å². The Hall–Kier alpha value is -0.830. The number of amides is 1. The molecule has 0 aromatic heterocycles. The predicted octanol–water partition coefficient (Wildman–Crippen LogP) is -0.188. The molecule has 2 atom stereocenters. The Morgan fingerprint density at radius 1 is 1.80 bits per heavy atom. The number of carbonyl (C=O) groups is 1. The molecule has 0 aliphatic heterocycles. The molecular formula is C7H11NO2. The molecule has 0 saturated carbocycles. The molecule has 0 heterocycles. The van der Waals surface area contributed by atoms with Gasteiger partial charge in [-0.15, -0.1) is 0 Å². The van der Waals surface area contributed by atoms with E-state index in [2.05, 4.69) is 5.32 Å². The molecule has 0 bridgehead atoms. The van der Waals surface area contributed by atoms with E-state index >= 15 is 0 Å². The summed E-state index contributed by atoms with van der Waals surface area (Å²) in [6, 6.07) is -0.0995. The maximum absolute atomic E-state index is 10.5. The third kappa shape index (κ3) is 1.57. The Labute approximate surface area is 59.7 Å². The van der Waals surface area contributed by atoms with E-state index in [1.807, 2.05) is 6.08 Å². The highest BCUT2D eigenvalue weighted by molar-refractivity contribution is 5.73. The maximum atomic E-state index is 10.5. The molecule has 0 saturated heterocycles. The molecule has 1 aliphatic carbocycles. The van der Waals surface area contributed by atoms with Gasteiger partial charge in [-0.3, -0.25) is 4.79 Å².